The largest absolute Gasteiger partial charge is 0.316 e. The molecule has 21 heavy (non-hydrogen) atoms. The van der Waals surface area contributed by atoms with Crippen LogP contribution < -0.4 is 10.0 Å². The standard InChI is InChI=1S/C14H14F2N2O2S/c1-17-9-10-8-11(6-7-12(10)15)21(19,20)18-14-5-3-2-4-13(14)16/h2-8,17-18H,9H2,1H3. The summed E-state index contributed by atoms with van der Waals surface area (Å²) in [5.74, 6) is -1.19. The topological polar surface area (TPSA) is 58.2 Å². The number of halogens is 2. The van der Waals surface area contributed by atoms with Crippen LogP contribution in [0.4, 0.5) is 14.5 Å². The Kier molecular flexibility index (Phi) is 4.54. The van der Waals surface area contributed by atoms with Crippen molar-refractivity contribution in [1.82, 2.24) is 5.32 Å². The maximum absolute atomic E-state index is 13.5. The Bertz CT molecular complexity index is 748. The lowest BCUT2D eigenvalue weighted by molar-refractivity contribution is 0.590. The SMILES string of the molecule is CNCc1cc(S(=O)(=O)Nc2ccccc2F)ccc1F. The fraction of sp³-hybridized carbons (Fsp3) is 0.143. The lowest BCUT2D eigenvalue weighted by Gasteiger charge is -2.10. The van der Waals surface area contributed by atoms with Gasteiger partial charge in [-0.3, -0.25) is 4.72 Å². The number of sulfonamides is 1. The molecule has 0 radical (unpaired) electrons. The van der Waals surface area contributed by atoms with Crippen molar-refractivity contribution in [3.05, 3.63) is 59.7 Å². The molecule has 0 heterocycles. The molecule has 2 aromatic rings. The summed E-state index contributed by atoms with van der Waals surface area (Å²) in [5.41, 5.74) is 0.0610. The van der Waals surface area contributed by atoms with Gasteiger partial charge in [0.1, 0.15) is 11.6 Å². The molecule has 2 aromatic carbocycles. The highest BCUT2D eigenvalue weighted by Gasteiger charge is 2.17. The van der Waals surface area contributed by atoms with Crippen molar-refractivity contribution >= 4 is 15.7 Å². The summed E-state index contributed by atoms with van der Waals surface area (Å²) in [6.45, 7) is 0.189. The van der Waals surface area contributed by atoms with Gasteiger partial charge in [-0.25, -0.2) is 17.2 Å². The fourth-order valence-corrected chi connectivity index (χ4v) is 2.91. The molecule has 0 spiro atoms. The van der Waals surface area contributed by atoms with Gasteiger partial charge < -0.3 is 5.32 Å². The van der Waals surface area contributed by atoms with Crippen LogP contribution >= 0.6 is 0 Å². The second-order valence-electron chi connectivity index (χ2n) is 4.37. The number of rotatable bonds is 5. The summed E-state index contributed by atoms with van der Waals surface area (Å²) in [6, 6.07) is 8.85. The molecule has 2 rings (SSSR count). The third-order valence-electron chi connectivity index (χ3n) is 2.81. The molecule has 0 aliphatic rings. The van der Waals surface area contributed by atoms with Crippen molar-refractivity contribution in [2.75, 3.05) is 11.8 Å². The number of anilines is 1. The molecule has 7 heteroatoms. The van der Waals surface area contributed by atoms with E-state index in [4.69, 9.17) is 0 Å². The average Bonchev–Trinajstić information content (AvgIpc) is 2.44. The normalized spacial score (nSPS) is 11.4. The van der Waals surface area contributed by atoms with Crippen LogP contribution in [0, 0.1) is 11.6 Å². The van der Waals surface area contributed by atoms with Gasteiger partial charge in [0.2, 0.25) is 0 Å². The third-order valence-corrected chi connectivity index (χ3v) is 4.18. The quantitative estimate of drug-likeness (QED) is 0.892. The van der Waals surface area contributed by atoms with E-state index in [0.717, 1.165) is 18.2 Å². The van der Waals surface area contributed by atoms with Gasteiger partial charge in [-0.2, -0.15) is 0 Å². The second-order valence-corrected chi connectivity index (χ2v) is 6.05. The first kappa shape index (κ1) is 15.4. The second kappa shape index (κ2) is 6.19. The van der Waals surface area contributed by atoms with Gasteiger partial charge in [0.25, 0.3) is 10.0 Å². The Balaban J connectivity index is 2.36. The first-order chi connectivity index (χ1) is 9.94. The highest BCUT2D eigenvalue weighted by molar-refractivity contribution is 7.92. The number of para-hydroxylation sites is 1. The number of nitrogens with one attached hydrogen (secondary N) is 2. The third kappa shape index (κ3) is 3.56. The lowest BCUT2D eigenvalue weighted by atomic mass is 10.2. The van der Waals surface area contributed by atoms with Gasteiger partial charge in [0.15, 0.2) is 0 Å². The van der Waals surface area contributed by atoms with Crippen LogP contribution in [0.25, 0.3) is 0 Å². The van der Waals surface area contributed by atoms with E-state index in [1.165, 1.54) is 24.3 Å². The van der Waals surface area contributed by atoms with Crippen molar-refractivity contribution in [2.24, 2.45) is 0 Å². The smallest absolute Gasteiger partial charge is 0.261 e. The molecule has 0 aliphatic heterocycles. The first-order valence-electron chi connectivity index (χ1n) is 6.14. The van der Waals surface area contributed by atoms with E-state index in [2.05, 4.69) is 10.0 Å². The molecule has 0 saturated heterocycles. The monoisotopic (exact) mass is 312 g/mol. The van der Waals surface area contributed by atoms with Gasteiger partial charge in [-0.05, 0) is 37.4 Å². The predicted octanol–water partition coefficient (Wildman–Crippen LogP) is 2.49. The summed E-state index contributed by atoms with van der Waals surface area (Å²) in [5, 5.41) is 2.75. The molecule has 0 amide bonds. The van der Waals surface area contributed by atoms with E-state index in [9.17, 15) is 17.2 Å². The molecule has 0 atom stereocenters. The molecule has 0 bridgehead atoms. The maximum Gasteiger partial charge on any atom is 0.261 e. The molecular weight excluding hydrogens is 298 g/mol. The van der Waals surface area contributed by atoms with Crippen molar-refractivity contribution in [2.45, 2.75) is 11.4 Å². The van der Waals surface area contributed by atoms with Gasteiger partial charge >= 0.3 is 0 Å². The van der Waals surface area contributed by atoms with E-state index < -0.39 is 21.7 Å². The maximum atomic E-state index is 13.5. The molecule has 4 nitrogen and oxygen atoms in total. The number of benzene rings is 2. The van der Waals surface area contributed by atoms with Gasteiger partial charge in [0.05, 0.1) is 10.6 Å². The number of hydrogen-bond acceptors (Lipinski definition) is 3. The molecule has 0 fully saturated rings. The van der Waals surface area contributed by atoms with Gasteiger partial charge in [-0.1, -0.05) is 12.1 Å². The highest BCUT2D eigenvalue weighted by Crippen LogP contribution is 2.20. The molecule has 0 saturated carbocycles. The zero-order valence-electron chi connectivity index (χ0n) is 11.2. The van der Waals surface area contributed by atoms with E-state index in [0.29, 0.717) is 0 Å². The molecule has 0 aromatic heterocycles. The van der Waals surface area contributed by atoms with Gasteiger partial charge in [0, 0.05) is 12.1 Å². The Morgan fingerprint density at radius 3 is 2.43 bits per heavy atom. The molecule has 2 N–H and O–H groups in total. The van der Waals surface area contributed by atoms with Crippen LogP contribution in [0.2, 0.25) is 0 Å². The minimum absolute atomic E-state index is 0.127. The van der Waals surface area contributed by atoms with Crippen LogP contribution in [0.3, 0.4) is 0 Å². The Morgan fingerprint density at radius 2 is 1.76 bits per heavy atom. The van der Waals surface area contributed by atoms with E-state index in [1.54, 1.807) is 7.05 Å². The van der Waals surface area contributed by atoms with Crippen LogP contribution in [0.1, 0.15) is 5.56 Å². The Hall–Kier alpha value is -1.99. The van der Waals surface area contributed by atoms with E-state index in [-0.39, 0.29) is 22.7 Å². The summed E-state index contributed by atoms with van der Waals surface area (Å²) in [6.07, 6.45) is 0. The Morgan fingerprint density at radius 1 is 1.05 bits per heavy atom. The molecular formula is C14H14F2N2O2S. The minimum atomic E-state index is -3.98. The van der Waals surface area contributed by atoms with Crippen LogP contribution in [-0.4, -0.2) is 15.5 Å². The average molecular weight is 312 g/mol. The first-order valence-corrected chi connectivity index (χ1v) is 7.63. The van der Waals surface area contributed by atoms with Crippen LogP contribution in [-0.2, 0) is 16.6 Å². The van der Waals surface area contributed by atoms with E-state index in [1.807, 2.05) is 0 Å². The summed E-state index contributed by atoms with van der Waals surface area (Å²) in [7, 11) is -2.35. The summed E-state index contributed by atoms with van der Waals surface area (Å²) in [4.78, 5) is -0.127. The lowest BCUT2D eigenvalue weighted by Crippen LogP contribution is -2.15. The summed E-state index contributed by atoms with van der Waals surface area (Å²) >= 11 is 0. The fourth-order valence-electron chi connectivity index (χ4n) is 1.79. The predicted molar refractivity (Wildman–Crippen MR) is 76.4 cm³/mol. The zero-order valence-corrected chi connectivity index (χ0v) is 12.0. The van der Waals surface area contributed by atoms with Crippen molar-refractivity contribution < 1.29 is 17.2 Å². The van der Waals surface area contributed by atoms with Crippen molar-refractivity contribution in [3.8, 4) is 0 Å². The molecule has 0 unspecified atom stereocenters. The molecule has 0 aliphatic carbocycles. The molecule has 112 valence electrons. The van der Waals surface area contributed by atoms with Crippen LogP contribution in [0.15, 0.2) is 47.4 Å². The highest BCUT2D eigenvalue weighted by atomic mass is 32.2. The van der Waals surface area contributed by atoms with E-state index >= 15 is 0 Å². The van der Waals surface area contributed by atoms with Crippen molar-refractivity contribution in [1.29, 1.82) is 0 Å². The van der Waals surface area contributed by atoms with Crippen molar-refractivity contribution in [3.63, 3.8) is 0 Å². The minimum Gasteiger partial charge on any atom is -0.316 e. The summed E-state index contributed by atoms with van der Waals surface area (Å²) < 4.78 is 53.6. The number of hydrogen-bond donors (Lipinski definition) is 2. The Labute approximate surface area is 121 Å². The van der Waals surface area contributed by atoms with Crippen LogP contribution in [0.5, 0.6) is 0 Å². The van der Waals surface area contributed by atoms with Gasteiger partial charge in [-0.15, -0.1) is 0 Å². The zero-order chi connectivity index (χ0) is 15.5.